The first kappa shape index (κ1) is 13.8. The van der Waals surface area contributed by atoms with E-state index in [-0.39, 0.29) is 5.41 Å². The molecule has 2 heteroatoms. The minimum atomic E-state index is -0.305. The summed E-state index contributed by atoms with van der Waals surface area (Å²) in [4.78, 5) is 0. The summed E-state index contributed by atoms with van der Waals surface area (Å²) in [5.74, 6) is 0. The van der Waals surface area contributed by atoms with Gasteiger partial charge in [0.1, 0.15) is 0 Å². The van der Waals surface area contributed by atoms with Crippen LogP contribution in [-0.4, -0.2) is 10.9 Å². The molecule has 0 aliphatic heterocycles. The zero-order valence-corrected chi connectivity index (χ0v) is 12.7. The van der Waals surface area contributed by atoms with Crippen molar-refractivity contribution in [2.45, 2.75) is 11.8 Å². The minimum Gasteiger partial charge on any atom is -0.411 e. The first-order valence-corrected chi connectivity index (χ1v) is 7.78. The molecule has 0 fully saturated rings. The molecule has 2 nitrogen and oxygen atoms in total. The second-order valence-corrected chi connectivity index (χ2v) is 5.91. The lowest BCUT2D eigenvalue weighted by molar-refractivity contribution is 0.318. The van der Waals surface area contributed by atoms with E-state index in [1.165, 1.54) is 16.7 Å². The molecule has 0 saturated heterocycles. The number of hydrogen-bond donors (Lipinski definition) is 1. The van der Waals surface area contributed by atoms with Gasteiger partial charge in [0.25, 0.3) is 0 Å². The lowest BCUT2D eigenvalue weighted by Crippen LogP contribution is -2.26. The van der Waals surface area contributed by atoms with E-state index in [2.05, 4.69) is 65.8 Å². The third-order valence-corrected chi connectivity index (χ3v) is 4.78. The van der Waals surface area contributed by atoms with E-state index in [1.54, 1.807) is 0 Å². The van der Waals surface area contributed by atoms with Crippen molar-refractivity contribution < 1.29 is 5.21 Å². The number of nitrogens with zero attached hydrogens (tertiary/aromatic N) is 1. The van der Waals surface area contributed by atoms with Crippen molar-refractivity contribution in [3.05, 3.63) is 107 Å². The predicted octanol–water partition coefficient (Wildman–Crippen LogP) is 4.60. The summed E-state index contributed by atoms with van der Waals surface area (Å²) < 4.78 is 0. The van der Waals surface area contributed by atoms with Gasteiger partial charge in [0.05, 0.1) is 11.1 Å². The summed E-state index contributed by atoms with van der Waals surface area (Å²) in [5, 5.41) is 13.1. The first-order valence-electron chi connectivity index (χ1n) is 7.78. The Bertz CT molecular complexity index is 814. The number of fused-ring (bicyclic) bond motifs is 1. The van der Waals surface area contributed by atoms with E-state index in [9.17, 15) is 5.21 Å². The van der Waals surface area contributed by atoms with Gasteiger partial charge >= 0.3 is 0 Å². The Balaban J connectivity index is 2.07. The lowest BCUT2D eigenvalue weighted by atomic mass is 9.70. The van der Waals surface area contributed by atoms with E-state index in [4.69, 9.17) is 0 Å². The normalized spacial score (nSPS) is 17.1. The summed E-state index contributed by atoms with van der Waals surface area (Å²) in [6.07, 6.45) is 0.664. The van der Waals surface area contributed by atoms with Gasteiger partial charge < -0.3 is 5.21 Å². The molecular weight excluding hydrogens is 282 g/mol. The fraction of sp³-hybridized carbons (Fsp3) is 0.0952. The quantitative estimate of drug-likeness (QED) is 0.544. The van der Waals surface area contributed by atoms with Crippen LogP contribution in [0.4, 0.5) is 0 Å². The van der Waals surface area contributed by atoms with Crippen molar-refractivity contribution in [2.24, 2.45) is 5.16 Å². The lowest BCUT2D eigenvalue weighted by Gasteiger charge is -2.31. The maximum absolute atomic E-state index is 9.53. The molecule has 0 atom stereocenters. The minimum absolute atomic E-state index is 0.305. The van der Waals surface area contributed by atoms with Crippen molar-refractivity contribution in [2.75, 3.05) is 0 Å². The maximum atomic E-state index is 9.53. The van der Waals surface area contributed by atoms with Crippen molar-refractivity contribution in [1.82, 2.24) is 0 Å². The zero-order valence-electron chi connectivity index (χ0n) is 12.7. The van der Waals surface area contributed by atoms with E-state index in [0.29, 0.717) is 6.42 Å². The standard InChI is InChI=1S/C21H17NO/c23-22-20-15-21(16-9-3-1-4-10-16,17-11-5-2-6-12-17)19-14-8-7-13-18(19)20/h1-14,23H,15H2/b22-20+. The molecule has 112 valence electrons. The first-order chi connectivity index (χ1) is 11.4. The summed E-state index contributed by atoms with van der Waals surface area (Å²) in [6.45, 7) is 0. The molecule has 0 saturated carbocycles. The summed E-state index contributed by atoms with van der Waals surface area (Å²) >= 11 is 0. The highest BCUT2D eigenvalue weighted by Crippen LogP contribution is 2.48. The topological polar surface area (TPSA) is 32.6 Å². The van der Waals surface area contributed by atoms with Gasteiger partial charge in [-0.25, -0.2) is 0 Å². The van der Waals surface area contributed by atoms with Crippen molar-refractivity contribution in [1.29, 1.82) is 0 Å². The number of oxime groups is 1. The zero-order chi connectivity index (χ0) is 15.7. The van der Waals surface area contributed by atoms with Crippen LogP contribution in [0.2, 0.25) is 0 Å². The van der Waals surface area contributed by atoms with Crippen LogP contribution in [0.15, 0.2) is 90.1 Å². The molecule has 0 unspecified atom stereocenters. The fourth-order valence-corrected chi connectivity index (χ4v) is 3.76. The molecule has 1 aliphatic carbocycles. The molecule has 0 bridgehead atoms. The molecule has 4 rings (SSSR count). The highest BCUT2D eigenvalue weighted by Gasteiger charge is 2.44. The van der Waals surface area contributed by atoms with Gasteiger partial charge in [0.15, 0.2) is 0 Å². The van der Waals surface area contributed by atoms with Crippen LogP contribution in [0, 0.1) is 0 Å². The van der Waals surface area contributed by atoms with Gasteiger partial charge in [-0.3, -0.25) is 0 Å². The Morgan fingerprint density at radius 3 is 1.78 bits per heavy atom. The predicted molar refractivity (Wildman–Crippen MR) is 92.1 cm³/mol. The van der Waals surface area contributed by atoms with Gasteiger partial charge in [-0.2, -0.15) is 0 Å². The highest BCUT2D eigenvalue weighted by atomic mass is 16.4. The molecule has 0 spiro atoms. The molecule has 3 aromatic rings. The van der Waals surface area contributed by atoms with Crippen molar-refractivity contribution in [3.8, 4) is 0 Å². The van der Waals surface area contributed by atoms with Gasteiger partial charge in [0.2, 0.25) is 0 Å². The largest absolute Gasteiger partial charge is 0.411 e. The molecule has 1 aliphatic rings. The fourth-order valence-electron chi connectivity index (χ4n) is 3.76. The van der Waals surface area contributed by atoms with E-state index >= 15 is 0 Å². The number of benzene rings is 3. The van der Waals surface area contributed by atoms with Crippen LogP contribution in [0.5, 0.6) is 0 Å². The summed E-state index contributed by atoms with van der Waals surface area (Å²) in [7, 11) is 0. The molecule has 3 aromatic carbocycles. The van der Waals surface area contributed by atoms with Crippen molar-refractivity contribution in [3.63, 3.8) is 0 Å². The third kappa shape index (κ3) is 1.99. The molecule has 0 heterocycles. The smallest absolute Gasteiger partial charge is 0.0886 e. The van der Waals surface area contributed by atoms with Crippen LogP contribution in [-0.2, 0) is 5.41 Å². The average Bonchev–Trinajstić information content (AvgIpc) is 2.99. The Hall–Kier alpha value is -2.87. The van der Waals surface area contributed by atoms with Gasteiger partial charge in [0, 0.05) is 12.0 Å². The van der Waals surface area contributed by atoms with E-state index in [1.807, 2.05) is 24.3 Å². The maximum Gasteiger partial charge on any atom is 0.0886 e. The number of rotatable bonds is 2. The van der Waals surface area contributed by atoms with Crippen LogP contribution in [0.25, 0.3) is 0 Å². The van der Waals surface area contributed by atoms with Crippen LogP contribution < -0.4 is 0 Å². The van der Waals surface area contributed by atoms with Gasteiger partial charge in [-0.05, 0) is 16.7 Å². The second-order valence-electron chi connectivity index (χ2n) is 5.91. The Morgan fingerprint density at radius 1 is 0.696 bits per heavy atom. The van der Waals surface area contributed by atoms with Crippen LogP contribution >= 0.6 is 0 Å². The molecule has 0 radical (unpaired) electrons. The highest BCUT2D eigenvalue weighted by molar-refractivity contribution is 6.07. The molecular formula is C21H17NO. The number of hydrogen-bond acceptors (Lipinski definition) is 2. The van der Waals surface area contributed by atoms with E-state index in [0.717, 1.165) is 11.3 Å². The van der Waals surface area contributed by atoms with Crippen LogP contribution in [0.3, 0.4) is 0 Å². The Labute approximate surface area is 135 Å². The Morgan fingerprint density at radius 2 is 1.22 bits per heavy atom. The molecule has 1 N–H and O–H groups in total. The average molecular weight is 299 g/mol. The second kappa shape index (κ2) is 5.40. The van der Waals surface area contributed by atoms with Crippen LogP contribution in [0.1, 0.15) is 28.7 Å². The monoisotopic (exact) mass is 299 g/mol. The third-order valence-electron chi connectivity index (χ3n) is 4.78. The van der Waals surface area contributed by atoms with Gasteiger partial charge in [-0.1, -0.05) is 90.1 Å². The molecule has 0 aromatic heterocycles. The Kier molecular flexibility index (Phi) is 3.23. The SMILES string of the molecule is O/N=C1\CC(c2ccccc2)(c2ccccc2)c2ccccc21. The summed E-state index contributed by atoms with van der Waals surface area (Å²) in [5.41, 5.74) is 5.11. The van der Waals surface area contributed by atoms with Crippen molar-refractivity contribution >= 4 is 5.71 Å². The summed E-state index contributed by atoms with van der Waals surface area (Å²) in [6, 6.07) is 29.2. The molecule has 0 amide bonds. The van der Waals surface area contributed by atoms with Gasteiger partial charge in [-0.15, -0.1) is 0 Å². The van der Waals surface area contributed by atoms with E-state index < -0.39 is 0 Å². The molecule has 23 heavy (non-hydrogen) atoms.